The molecule has 0 fully saturated rings. The summed E-state index contributed by atoms with van der Waals surface area (Å²) in [6, 6.07) is 13.9. The monoisotopic (exact) mass is 518 g/mol. The van der Waals surface area contributed by atoms with E-state index in [0.717, 1.165) is 12.1 Å². The minimum Gasteiger partial charge on any atom is -0.545 e. The van der Waals surface area contributed by atoms with Crippen molar-refractivity contribution >= 4 is 21.7 Å². The van der Waals surface area contributed by atoms with E-state index < -0.39 is 40.9 Å². The maximum Gasteiger partial charge on any atom is 0.262 e. The third-order valence-corrected chi connectivity index (χ3v) is 6.19. The Kier molecular flexibility index (Phi) is 8.59. The highest BCUT2D eigenvalue weighted by Crippen LogP contribution is 2.41. The lowest BCUT2D eigenvalue weighted by Gasteiger charge is -2.20. The van der Waals surface area contributed by atoms with Crippen LogP contribution >= 0.6 is 0 Å². The third kappa shape index (κ3) is 6.56. The molecule has 12 heteroatoms. The van der Waals surface area contributed by atoms with Gasteiger partial charge in [-0.15, -0.1) is 0 Å². The summed E-state index contributed by atoms with van der Waals surface area (Å²) in [5, 5.41) is 30.5. The fourth-order valence-corrected chi connectivity index (χ4v) is 4.04. The smallest absolute Gasteiger partial charge is 0.262 e. The van der Waals surface area contributed by atoms with Gasteiger partial charge in [0, 0.05) is 11.6 Å². The maximum atomic E-state index is 13.1. The number of carbonyl (C=O) groups excluding carboxylic acids is 1. The van der Waals surface area contributed by atoms with Crippen LogP contribution in [-0.2, 0) is 10.0 Å². The number of benzene rings is 3. The van der Waals surface area contributed by atoms with E-state index in [4.69, 9.17) is 24.1 Å². The number of carbonyl (C=O) groups is 1. The number of aliphatic hydroxyl groups excluding tert-OH is 2. The van der Waals surface area contributed by atoms with Gasteiger partial charge in [0.25, 0.3) is 10.0 Å². The van der Waals surface area contributed by atoms with Gasteiger partial charge in [0.2, 0.25) is 0 Å². The van der Waals surface area contributed by atoms with E-state index in [1.807, 2.05) is 0 Å². The zero-order valence-corrected chi connectivity index (χ0v) is 20.2. The summed E-state index contributed by atoms with van der Waals surface area (Å²) in [7, 11) is -1.34. The van der Waals surface area contributed by atoms with E-state index in [-0.39, 0.29) is 27.8 Å². The second kappa shape index (κ2) is 11.6. The minimum absolute atomic E-state index is 0.132. The van der Waals surface area contributed by atoms with Crippen molar-refractivity contribution in [2.45, 2.75) is 11.0 Å². The van der Waals surface area contributed by atoms with Crippen molar-refractivity contribution in [3.8, 4) is 28.7 Å². The van der Waals surface area contributed by atoms with Crippen LogP contribution < -0.4 is 28.8 Å². The van der Waals surface area contributed by atoms with Gasteiger partial charge in [0.05, 0.1) is 37.4 Å². The molecule has 0 bridgehead atoms. The van der Waals surface area contributed by atoms with Crippen molar-refractivity contribution in [1.29, 1.82) is 0 Å². The molecular formula is C24H24NO10S-. The minimum atomic E-state index is -4.23. The van der Waals surface area contributed by atoms with Gasteiger partial charge in [-0.3, -0.25) is 4.72 Å². The number of ether oxygens (including phenoxy) is 4. The summed E-state index contributed by atoms with van der Waals surface area (Å²) in [6.45, 7) is -1.06. The lowest BCUT2D eigenvalue weighted by Crippen LogP contribution is -2.24. The lowest BCUT2D eigenvalue weighted by molar-refractivity contribution is -0.255. The van der Waals surface area contributed by atoms with Crippen LogP contribution in [0.25, 0.3) is 0 Å². The number of aliphatic hydroxyl groups is 2. The topological polar surface area (TPSA) is 164 Å². The van der Waals surface area contributed by atoms with E-state index in [1.165, 1.54) is 44.6 Å². The SMILES string of the molecule is COc1ccc(S(=O)(=O)Nc2cc(C(=O)[O-])cc(OCC(O)CO)c2Oc2cccc(OC)c2)cc1. The van der Waals surface area contributed by atoms with E-state index >= 15 is 0 Å². The molecule has 0 aliphatic carbocycles. The van der Waals surface area contributed by atoms with Crippen LogP contribution in [0.3, 0.4) is 0 Å². The first-order valence-corrected chi connectivity index (χ1v) is 11.9. The molecule has 192 valence electrons. The highest BCUT2D eigenvalue weighted by molar-refractivity contribution is 7.92. The van der Waals surface area contributed by atoms with Crippen LogP contribution in [0.5, 0.6) is 28.7 Å². The van der Waals surface area contributed by atoms with Crippen LogP contribution in [0.4, 0.5) is 5.69 Å². The standard InChI is InChI=1S/C24H25NO10S/c1-32-17-6-8-20(9-7-17)36(30,31)25-21-10-15(24(28)29)11-22(34-14-16(27)13-26)23(21)35-19-5-3-4-18(12-19)33-2/h3-12,16,25-27H,13-14H2,1-2H3,(H,28,29)/p-1. The molecule has 0 aliphatic heterocycles. The van der Waals surface area contributed by atoms with Crippen molar-refractivity contribution in [2.75, 3.05) is 32.2 Å². The fourth-order valence-electron chi connectivity index (χ4n) is 2.99. The second-order valence-corrected chi connectivity index (χ2v) is 9.03. The van der Waals surface area contributed by atoms with Crippen LogP contribution in [-0.4, -0.2) is 58.1 Å². The van der Waals surface area contributed by atoms with Crippen molar-refractivity contribution in [3.05, 3.63) is 66.2 Å². The molecule has 0 heterocycles. The Morgan fingerprint density at radius 3 is 2.28 bits per heavy atom. The summed E-state index contributed by atoms with van der Waals surface area (Å²) in [5.41, 5.74) is -0.697. The number of nitrogens with one attached hydrogen (secondary N) is 1. The number of hydrogen-bond donors (Lipinski definition) is 3. The molecule has 3 aromatic rings. The number of carboxylic acids is 1. The number of carboxylic acid groups (broad SMARTS) is 1. The molecule has 1 unspecified atom stereocenters. The van der Waals surface area contributed by atoms with Crippen LogP contribution in [0, 0.1) is 0 Å². The molecule has 0 saturated carbocycles. The van der Waals surface area contributed by atoms with Crippen LogP contribution in [0.2, 0.25) is 0 Å². The summed E-state index contributed by atoms with van der Waals surface area (Å²) in [4.78, 5) is 11.5. The summed E-state index contributed by atoms with van der Waals surface area (Å²) >= 11 is 0. The molecule has 0 amide bonds. The van der Waals surface area contributed by atoms with Crippen molar-refractivity contribution in [1.82, 2.24) is 0 Å². The van der Waals surface area contributed by atoms with Gasteiger partial charge in [0.15, 0.2) is 11.5 Å². The Labute approximate surface area is 207 Å². The quantitative estimate of drug-likeness (QED) is 0.319. The summed E-state index contributed by atoms with van der Waals surface area (Å²) in [5.74, 6) is -0.936. The molecule has 0 aromatic heterocycles. The highest BCUT2D eigenvalue weighted by atomic mass is 32.2. The average molecular weight is 519 g/mol. The number of hydrogen-bond acceptors (Lipinski definition) is 10. The second-order valence-electron chi connectivity index (χ2n) is 7.35. The lowest BCUT2D eigenvalue weighted by atomic mass is 10.1. The van der Waals surface area contributed by atoms with Crippen molar-refractivity contribution in [3.63, 3.8) is 0 Å². The first-order valence-electron chi connectivity index (χ1n) is 10.5. The molecule has 0 radical (unpaired) electrons. The Morgan fingerprint density at radius 1 is 1.00 bits per heavy atom. The fraction of sp³-hybridized carbons (Fsp3) is 0.208. The number of anilines is 1. The van der Waals surface area contributed by atoms with E-state index in [2.05, 4.69) is 4.72 Å². The van der Waals surface area contributed by atoms with Gasteiger partial charge in [-0.25, -0.2) is 8.42 Å². The number of methoxy groups -OCH3 is 2. The Hall–Kier alpha value is -4.00. The zero-order valence-electron chi connectivity index (χ0n) is 19.3. The van der Waals surface area contributed by atoms with Gasteiger partial charge in [-0.2, -0.15) is 0 Å². The highest BCUT2D eigenvalue weighted by Gasteiger charge is 2.22. The molecule has 0 spiro atoms. The van der Waals surface area contributed by atoms with Gasteiger partial charge < -0.3 is 39.1 Å². The average Bonchev–Trinajstić information content (AvgIpc) is 2.88. The summed E-state index contributed by atoms with van der Waals surface area (Å²) in [6.07, 6.45) is -1.29. The Morgan fingerprint density at radius 2 is 1.67 bits per heavy atom. The molecular weight excluding hydrogens is 494 g/mol. The van der Waals surface area contributed by atoms with Gasteiger partial charge in [-0.05, 0) is 48.5 Å². The van der Waals surface area contributed by atoms with Crippen LogP contribution in [0.15, 0.2) is 65.6 Å². The normalized spacial score (nSPS) is 11.9. The van der Waals surface area contributed by atoms with Gasteiger partial charge >= 0.3 is 0 Å². The number of sulfonamides is 1. The van der Waals surface area contributed by atoms with Crippen molar-refractivity contribution < 1.29 is 47.5 Å². The predicted octanol–water partition coefficient (Wildman–Crippen LogP) is 1.39. The molecule has 3 N–H and O–H groups in total. The van der Waals surface area contributed by atoms with Gasteiger partial charge in [0.1, 0.15) is 30.0 Å². The van der Waals surface area contributed by atoms with Gasteiger partial charge in [-0.1, -0.05) is 6.07 Å². The molecule has 1 atom stereocenters. The van der Waals surface area contributed by atoms with E-state index in [0.29, 0.717) is 11.5 Å². The summed E-state index contributed by atoms with van der Waals surface area (Å²) < 4.78 is 50.1. The molecule has 36 heavy (non-hydrogen) atoms. The largest absolute Gasteiger partial charge is 0.545 e. The Bertz CT molecular complexity index is 1310. The maximum absolute atomic E-state index is 13.1. The molecule has 11 nitrogen and oxygen atoms in total. The number of rotatable bonds is 12. The first-order chi connectivity index (χ1) is 17.2. The van der Waals surface area contributed by atoms with Crippen molar-refractivity contribution in [2.24, 2.45) is 0 Å². The molecule has 0 aliphatic rings. The molecule has 3 rings (SSSR count). The molecule has 3 aromatic carbocycles. The Balaban J connectivity index is 2.12. The van der Waals surface area contributed by atoms with E-state index in [9.17, 15) is 23.4 Å². The molecule has 0 saturated heterocycles. The van der Waals surface area contributed by atoms with Crippen LogP contribution in [0.1, 0.15) is 10.4 Å². The third-order valence-electron chi connectivity index (χ3n) is 4.81. The predicted molar refractivity (Wildman–Crippen MR) is 126 cm³/mol. The van der Waals surface area contributed by atoms with E-state index in [1.54, 1.807) is 18.2 Å². The first kappa shape index (κ1) is 26.6. The number of aromatic carboxylic acids is 1. The zero-order chi connectivity index (χ0) is 26.3.